The topological polar surface area (TPSA) is 140 Å². The molecule has 0 bridgehead atoms. The van der Waals surface area contributed by atoms with Crippen LogP contribution >= 0.6 is 0 Å². The van der Waals surface area contributed by atoms with Gasteiger partial charge in [0, 0.05) is 19.3 Å². The molecule has 3 aromatic heterocycles. The summed E-state index contributed by atoms with van der Waals surface area (Å²) in [5, 5.41) is 0. The van der Waals surface area contributed by atoms with Crippen molar-refractivity contribution in [2.45, 2.75) is 0 Å². The highest BCUT2D eigenvalue weighted by atomic mass is 16.2. The Morgan fingerprint density at radius 1 is 1.15 bits per heavy atom. The molecule has 0 spiro atoms. The molecule has 3 heterocycles. The number of fused-ring (bicyclic) bond motifs is 1. The Morgan fingerprint density at radius 3 is 2.65 bits per heavy atom. The Hall–Kier alpha value is -3.17. The molecule has 4 N–H and O–H groups in total. The molecule has 0 radical (unpaired) electrons. The van der Waals surface area contributed by atoms with Gasteiger partial charge in [0.15, 0.2) is 17.0 Å². The number of nitrogens with two attached hydrogens (primary N) is 2. The maximum atomic E-state index is 12.1. The van der Waals surface area contributed by atoms with Crippen molar-refractivity contribution in [3.8, 4) is 0 Å². The summed E-state index contributed by atoms with van der Waals surface area (Å²) in [7, 11) is 1.37. The first-order valence-electron chi connectivity index (χ1n) is 5.54. The van der Waals surface area contributed by atoms with E-state index in [0.29, 0.717) is 5.52 Å². The van der Waals surface area contributed by atoms with E-state index >= 15 is 0 Å². The monoisotopic (exact) mass is 274 g/mol. The van der Waals surface area contributed by atoms with Crippen LogP contribution in [-0.4, -0.2) is 28.9 Å². The third-order valence-corrected chi connectivity index (χ3v) is 2.83. The van der Waals surface area contributed by atoms with Crippen molar-refractivity contribution >= 4 is 22.9 Å². The minimum Gasteiger partial charge on any atom is -0.382 e. The second-order valence-electron chi connectivity index (χ2n) is 4.07. The Kier molecular flexibility index (Phi) is 2.33. The summed E-state index contributed by atoms with van der Waals surface area (Å²) < 4.78 is 3.47. The van der Waals surface area contributed by atoms with Gasteiger partial charge in [-0.2, -0.15) is 9.97 Å². The van der Waals surface area contributed by atoms with Crippen molar-refractivity contribution in [1.29, 1.82) is 0 Å². The number of aromatic nitrogens is 6. The zero-order chi connectivity index (χ0) is 14.4. The molecule has 0 aliphatic heterocycles. The van der Waals surface area contributed by atoms with E-state index in [2.05, 4.69) is 15.0 Å². The van der Waals surface area contributed by atoms with Gasteiger partial charge in [-0.05, 0) is 0 Å². The summed E-state index contributed by atoms with van der Waals surface area (Å²) >= 11 is 0. The van der Waals surface area contributed by atoms with Crippen LogP contribution in [-0.2, 0) is 7.05 Å². The van der Waals surface area contributed by atoms with Gasteiger partial charge < -0.3 is 11.5 Å². The molecule has 10 nitrogen and oxygen atoms in total. The first-order chi connectivity index (χ1) is 9.49. The molecule has 0 aromatic carbocycles. The van der Waals surface area contributed by atoms with Crippen molar-refractivity contribution in [3.63, 3.8) is 0 Å². The summed E-state index contributed by atoms with van der Waals surface area (Å²) in [5.41, 5.74) is 10.9. The molecule has 0 saturated carbocycles. The van der Waals surface area contributed by atoms with Gasteiger partial charge in [0.2, 0.25) is 5.95 Å². The van der Waals surface area contributed by atoms with Gasteiger partial charge in [-0.25, -0.2) is 19.1 Å². The number of imidazole rings is 1. The van der Waals surface area contributed by atoms with Crippen molar-refractivity contribution in [1.82, 2.24) is 28.9 Å². The van der Waals surface area contributed by atoms with Gasteiger partial charge in [0.25, 0.3) is 5.56 Å². The maximum Gasteiger partial charge on any atom is 0.350 e. The first-order valence-corrected chi connectivity index (χ1v) is 5.54. The molecular weight excluding hydrogens is 264 g/mol. The summed E-state index contributed by atoms with van der Waals surface area (Å²) in [4.78, 5) is 35.3. The molecule has 3 rings (SSSR count). The van der Waals surface area contributed by atoms with Crippen molar-refractivity contribution in [2.24, 2.45) is 7.05 Å². The van der Waals surface area contributed by atoms with Gasteiger partial charge in [-0.15, -0.1) is 0 Å². The number of rotatable bonds is 1. The number of anilines is 2. The molecule has 0 fully saturated rings. The molecule has 3 aromatic rings. The Balaban J connectivity index is 2.39. The molecule has 0 atom stereocenters. The minimum atomic E-state index is -0.549. The second kappa shape index (κ2) is 3.91. The van der Waals surface area contributed by atoms with Gasteiger partial charge in [-0.1, -0.05) is 0 Å². The summed E-state index contributed by atoms with van der Waals surface area (Å²) in [6.45, 7) is 0. The van der Waals surface area contributed by atoms with Crippen LogP contribution in [0.1, 0.15) is 0 Å². The summed E-state index contributed by atoms with van der Waals surface area (Å²) in [6, 6.07) is 1.25. The lowest BCUT2D eigenvalue weighted by molar-refractivity contribution is 0.577. The largest absolute Gasteiger partial charge is 0.382 e. The van der Waals surface area contributed by atoms with Gasteiger partial charge in [0.05, 0.1) is 0 Å². The molecule has 0 aliphatic rings. The van der Waals surface area contributed by atoms with E-state index in [-0.39, 0.29) is 17.4 Å². The third-order valence-electron chi connectivity index (χ3n) is 2.83. The molecule has 0 unspecified atom stereocenters. The predicted octanol–water partition coefficient (Wildman–Crippen LogP) is -1.84. The van der Waals surface area contributed by atoms with Crippen LogP contribution in [0.4, 0.5) is 11.8 Å². The van der Waals surface area contributed by atoms with E-state index in [0.717, 1.165) is 4.57 Å². The van der Waals surface area contributed by atoms with E-state index in [1.165, 1.54) is 35.0 Å². The fraction of sp³-hybridized carbons (Fsp3) is 0.100. The molecule has 10 heteroatoms. The Morgan fingerprint density at radius 2 is 1.90 bits per heavy atom. The SMILES string of the molecule is Cn1c(=O)ccn(-n2cnc3c(N)nc(N)nc32)c1=O. The highest BCUT2D eigenvalue weighted by molar-refractivity contribution is 5.82. The lowest BCUT2D eigenvalue weighted by atomic mass is 10.5. The van der Waals surface area contributed by atoms with Crippen molar-refractivity contribution in [2.75, 3.05) is 11.5 Å². The van der Waals surface area contributed by atoms with E-state index in [1.54, 1.807) is 0 Å². The van der Waals surface area contributed by atoms with Crippen LogP contribution in [0.5, 0.6) is 0 Å². The van der Waals surface area contributed by atoms with Crippen LogP contribution in [0.15, 0.2) is 28.2 Å². The van der Waals surface area contributed by atoms with E-state index < -0.39 is 11.2 Å². The van der Waals surface area contributed by atoms with E-state index in [4.69, 9.17) is 11.5 Å². The highest BCUT2D eigenvalue weighted by Crippen LogP contribution is 2.16. The molecule has 0 saturated heterocycles. The maximum absolute atomic E-state index is 12.1. The molecule has 102 valence electrons. The molecule has 0 aliphatic carbocycles. The number of hydrogen-bond donors (Lipinski definition) is 2. The normalized spacial score (nSPS) is 11.1. The van der Waals surface area contributed by atoms with E-state index in [9.17, 15) is 9.59 Å². The lowest BCUT2D eigenvalue weighted by Gasteiger charge is -2.08. The molecule has 0 amide bonds. The zero-order valence-electron chi connectivity index (χ0n) is 10.4. The summed E-state index contributed by atoms with van der Waals surface area (Å²) in [5.74, 6) is 0.0822. The average molecular weight is 274 g/mol. The highest BCUT2D eigenvalue weighted by Gasteiger charge is 2.12. The summed E-state index contributed by atoms with van der Waals surface area (Å²) in [6.07, 6.45) is 2.67. The fourth-order valence-electron chi connectivity index (χ4n) is 1.81. The predicted molar refractivity (Wildman–Crippen MR) is 70.9 cm³/mol. The standard InChI is InChI=1S/C10H10N8O2/c1-16-5(19)2-3-17(10(16)20)18-4-13-6-7(11)14-9(12)15-8(6)18/h2-4H,1H3,(H4,11,12,14,15). The smallest absolute Gasteiger partial charge is 0.350 e. The number of nitrogen functional groups attached to an aromatic ring is 2. The van der Waals surface area contributed by atoms with Crippen LogP contribution < -0.4 is 22.7 Å². The Labute approximate surface area is 110 Å². The van der Waals surface area contributed by atoms with Crippen LogP contribution in [0.2, 0.25) is 0 Å². The number of nitrogens with zero attached hydrogens (tertiary/aromatic N) is 6. The Bertz CT molecular complexity index is 935. The first kappa shape index (κ1) is 11.9. The van der Waals surface area contributed by atoms with Crippen LogP contribution in [0.3, 0.4) is 0 Å². The third kappa shape index (κ3) is 1.55. The minimum absolute atomic E-state index is 0.0328. The second-order valence-corrected chi connectivity index (χ2v) is 4.07. The van der Waals surface area contributed by atoms with Crippen molar-refractivity contribution < 1.29 is 0 Å². The van der Waals surface area contributed by atoms with Crippen LogP contribution in [0, 0.1) is 0 Å². The quantitative estimate of drug-likeness (QED) is 0.531. The van der Waals surface area contributed by atoms with E-state index in [1.807, 2.05) is 0 Å². The number of hydrogen-bond acceptors (Lipinski definition) is 7. The molecular formula is C10H10N8O2. The lowest BCUT2D eigenvalue weighted by Crippen LogP contribution is -2.39. The van der Waals surface area contributed by atoms with Crippen LogP contribution in [0.25, 0.3) is 11.2 Å². The average Bonchev–Trinajstić information content (AvgIpc) is 2.80. The van der Waals surface area contributed by atoms with Gasteiger partial charge in [0.1, 0.15) is 6.33 Å². The zero-order valence-corrected chi connectivity index (χ0v) is 10.4. The van der Waals surface area contributed by atoms with Gasteiger partial charge in [-0.3, -0.25) is 9.36 Å². The molecule has 20 heavy (non-hydrogen) atoms. The fourth-order valence-corrected chi connectivity index (χ4v) is 1.81. The van der Waals surface area contributed by atoms with Crippen molar-refractivity contribution in [3.05, 3.63) is 39.4 Å². The van der Waals surface area contributed by atoms with Gasteiger partial charge >= 0.3 is 5.69 Å².